The molecule has 0 radical (unpaired) electrons. The maximum atomic E-state index is 5.50. The van der Waals surface area contributed by atoms with Gasteiger partial charge in [0.05, 0.1) is 12.3 Å². The van der Waals surface area contributed by atoms with Crippen LogP contribution in [0.15, 0.2) is 22.8 Å². The maximum absolute atomic E-state index is 5.50. The van der Waals surface area contributed by atoms with Crippen LogP contribution >= 0.6 is 0 Å². The van der Waals surface area contributed by atoms with Crippen molar-refractivity contribution < 1.29 is 4.42 Å². The molecule has 1 heterocycles. The van der Waals surface area contributed by atoms with Crippen LogP contribution in [0.1, 0.15) is 39.0 Å². The van der Waals surface area contributed by atoms with E-state index >= 15 is 0 Å². The first-order chi connectivity index (χ1) is 8.04. The predicted molar refractivity (Wildman–Crippen MR) is 72.1 cm³/mol. The molecule has 1 rings (SSSR count). The van der Waals surface area contributed by atoms with Gasteiger partial charge in [0.2, 0.25) is 0 Å². The highest BCUT2D eigenvalue weighted by molar-refractivity contribution is 5.04. The Morgan fingerprint density at radius 1 is 1.35 bits per heavy atom. The van der Waals surface area contributed by atoms with Crippen molar-refractivity contribution >= 4 is 0 Å². The zero-order valence-electron chi connectivity index (χ0n) is 11.7. The van der Waals surface area contributed by atoms with Crippen molar-refractivity contribution in [2.24, 2.45) is 5.92 Å². The normalized spacial score (nSPS) is 15.5. The van der Waals surface area contributed by atoms with Crippen LogP contribution in [0.2, 0.25) is 0 Å². The number of nitrogens with one attached hydrogen (secondary N) is 1. The molecule has 0 aliphatic heterocycles. The van der Waals surface area contributed by atoms with E-state index in [9.17, 15) is 0 Å². The topological polar surface area (TPSA) is 28.4 Å². The fourth-order valence-corrected chi connectivity index (χ4v) is 2.00. The summed E-state index contributed by atoms with van der Waals surface area (Å²) in [5.41, 5.74) is 0. The van der Waals surface area contributed by atoms with E-state index in [4.69, 9.17) is 4.42 Å². The van der Waals surface area contributed by atoms with Crippen molar-refractivity contribution in [1.82, 2.24) is 10.2 Å². The highest BCUT2D eigenvalue weighted by atomic mass is 16.3. The van der Waals surface area contributed by atoms with Gasteiger partial charge >= 0.3 is 0 Å². The monoisotopic (exact) mass is 238 g/mol. The van der Waals surface area contributed by atoms with Gasteiger partial charge < -0.3 is 14.6 Å². The van der Waals surface area contributed by atoms with Crippen LogP contribution in [-0.2, 0) is 0 Å². The maximum Gasteiger partial charge on any atom is 0.120 e. The summed E-state index contributed by atoms with van der Waals surface area (Å²) in [6.45, 7) is 7.76. The molecule has 1 N–H and O–H groups in total. The van der Waals surface area contributed by atoms with Gasteiger partial charge in [-0.25, -0.2) is 0 Å². The standard InChI is InChI=1S/C14H26N2O/c1-6-12(14-8-7-9-17-14)15-13(11(2)3)10-16(4)5/h7-9,11-13,15H,6,10H2,1-5H3. The molecule has 0 saturated heterocycles. The van der Waals surface area contributed by atoms with Crippen LogP contribution in [0, 0.1) is 5.92 Å². The molecule has 0 saturated carbocycles. The Kier molecular flexibility index (Phi) is 5.72. The zero-order valence-corrected chi connectivity index (χ0v) is 11.7. The smallest absolute Gasteiger partial charge is 0.120 e. The molecule has 17 heavy (non-hydrogen) atoms. The zero-order chi connectivity index (χ0) is 12.8. The number of hydrogen-bond donors (Lipinski definition) is 1. The van der Waals surface area contributed by atoms with Gasteiger partial charge in [-0.3, -0.25) is 0 Å². The summed E-state index contributed by atoms with van der Waals surface area (Å²) in [4.78, 5) is 2.23. The molecule has 0 aliphatic carbocycles. The van der Waals surface area contributed by atoms with Gasteiger partial charge in [0.25, 0.3) is 0 Å². The first-order valence-corrected chi connectivity index (χ1v) is 6.48. The van der Waals surface area contributed by atoms with Gasteiger partial charge in [-0.05, 0) is 38.6 Å². The Labute approximate surface area is 105 Å². The van der Waals surface area contributed by atoms with E-state index in [0.29, 0.717) is 18.0 Å². The van der Waals surface area contributed by atoms with E-state index in [1.54, 1.807) is 6.26 Å². The first kappa shape index (κ1) is 14.3. The van der Waals surface area contributed by atoms with Crippen molar-refractivity contribution in [2.75, 3.05) is 20.6 Å². The van der Waals surface area contributed by atoms with E-state index in [2.05, 4.69) is 45.1 Å². The number of nitrogens with zero attached hydrogens (tertiary/aromatic N) is 1. The first-order valence-electron chi connectivity index (χ1n) is 6.48. The molecular formula is C14H26N2O. The third-order valence-electron chi connectivity index (χ3n) is 3.08. The third kappa shape index (κ3) is 4.52. The third-order valence-corrected chi connectivity index (χ3v) is 3.08. The van der Waals surface area contributed by atoms with Crippen LogP contribution < -0.4 is 5.32 Å². The predicted octanol–water partition coefficient (Wildman–Crippen LogP) is 2.91. The van der Waals surface area contributed by atoms with Gasteiger partial charge in [0, 0.05) is 12.6 Å². The van der Waals surface area contributed by atoms with Crippen LogP contribution in [0.4, 0.5) is 0 Å². The van der Waals surface area contributed by atoms with E-state index < -0.39 is 0 Å². The minimum Gasteiger partial charge on any atom is -0.468 e. The largest absolute Gasteiger partial charge is 0.468 e. The number of hydrogen-bond acceptors (Lipinski definition) is 3. The van der Waals surface area contributed by atoms with Crippen molar-refractivity contribution in [3.8, 4) is 0 Å². The Bertz CT molecular complexity index is 293. The van der Waals surface area contributed by atoms with E-state index in [0.717, 1.165) is 18.7 Å². The minimum absolute atomic E-state index is 0.317. The van der Waals surface area contributed by atoms with Gasteiger partial charge in [-0.15, -0.1) is 0 Å². The lowest BCUT2D eigenvalue weighted by molar-refractivity contribution is 0.255. The number of rotatable bonds is 7. The highest BCUT2D eigenvalue weighted by Gasteiger charge is 2.20. The lowest BCUT2D eigenvalue weighted by atomic mass is 10.0. The number of likely N-dealkylation sites (N-methyl/N-ethyl adjacent to an activating group) is 1. The average Bonchev–Trinajstić information content (AvgIpc) is 2.76. The molecule has 2 atom stereocenters. The summed E-state index contributed by atoms with van der Waals surface area (Å²) in [6, 6.07) is 4.81. The van der Waals surface area contributed by atoms with Crippen LogP contribution in [0.25, 0.3) is 0 Å². The van der Waals surface area contributed by atoms with E-state index in [1.807, 2.05) is 12.1 Å². The van der Waals surface area contributed by atoms with Crippen molar-refractivity contribution in [2.45, 2.75) is 39.3 Å². The molecule has 3 heteroatoms. The molecule has 0 amide bonds. The van der Waals surface area contributed by atoms with Gasteiger partial charge in [-0.1, -0.05) is 20.8 Å². The second-order valence-electron chi connectivity index (χ2n) is 5.26. The molecule has 3 nitrogen and oxygen atoms in total. The van der Waals surface area contributed by atoms with E-state index in [1.165, 1.54) is 0 Å². The highest BCUT2D eigenvalue weighted by Crippen LogP contribution is 2.19. The number of furan rings is 1. The van der Waals surface area contributed by atoms with Crippen molar-refractivity contribution in [3.63, 3.8) is 0 Å². The Hall–Kier alpha value is -0.800. The van der Waals surface area contributed by atoms with E-state index in [-0.39, 0.29) is 0 Å². The quantitative estimate of drug-likeness (QED) is 0.791. The lowest BCUT2D eigenvalue weighted by Crippen LogP contribution is -2.43. The Morgan fingerprint density at radius 2 is 2.06 bits per heavy atom. The average molecular weight is 238 g/mol. The minimum atomic E-state index is 0.317. The summed E-state index contributed by atoms with van der Waals surface area (Å²) in [5.74, 6) is 1.65. The molecule has 0 aromatic carbocycles. The second-order valence-corrected chi connectivity index (χ2v) is 5.26. The molecule has 1 aromatic heterocycles. The molecule has 0 spiro atoms. The Balaban J connectivity index is 2.64. The summed E-state index contributed by atoms with van der Waals surface area (Å²) in [7, 11) is 4.23. The van der Waals surface area contributed by atoms with Crippen LogP contribution in [0.5, 0.6) is 0 Å². The van der Waals surface area contributed by atoms with Crippen LogP contribution in [-0.4, -0.2) is 31.6 Å². The molecule has 98 valence electrons. The fourth-order valence-electron chi connectivity index (χ4n) is 2.00. The second kappa shape index (κ2) is 6.82. The lowest BCUT2D eigenvalue weighted by Gasteiger charge is -2.29. The fraction of sp³-hybridized carbons (Fsp3) is 0.714. The Morgan fingerprint density at radius 3 is 2.47 bits per heavy atom. The summed E-state index contributed by atoms with van der Waals surface area (Å²) >= 11 is 0. The van der Waals surface area contributed by atoms with Gasteiger partial charge in [0.15, 0.2) is 0 Å². The van der Waals surface area contributed by atoms with Gasteiger partial charge in [-0.2, -0.15) is 0 Å². The molecule has 1 aromatic rings. The molecule has 2 unspecified atom stereocenters. The summed E-state index contributed by atoms with van der Waals surface area (Å²) in [6.07, 6.45) is 2.79. The molecule has 0 bridgehead atoms. The SMILES string of the molecule is CCC(NC(CN(C)C)C(C)C)c1ccco1. The van der Waals surface area contributed by atoms with Crippen LogP contribution in [0.3, 0.4) is 0 Å². The van der Waals surface area contributed by atoms with Gasteiger partial charge in [0.1, 0.15) is 5.76 Å². The van der Waals surface area contributed by atoms with Crippen molar-refractivity contribution in [3.05, 3.63) is 24.2 Å². The molecular weight excluding hydrogens is 212 g/mol. The van der Waals surface area contributed by atoms with Crippen molar-refractivity contribution in [1.29, 1.82) is 0 Å². The molecule has 0 fully saturated rings. The summed E-state index contributed by atoms with van der Waals surface area (Å²) in [5, 5.41) is 3.70. The molecule has 0 aliphatic rings. The summed E-state index contributed by atoms with van der Waals surface area (Å²) < 4.78 is 5.50.